The molecule has 0 fully saturated rings. The summed E-state index contributed by atoms with van der Waals surface area (Å²) in [4.78, 5) is 20.8. The second-order valence-corrected chi connectivity index (χ2v) is 10.4. The normalized spacial score (nSPS) is 11.9. The highest BCUT2D eigenvalue weighted by Gasteiger charge is 2.23. The van der Waals surface area contributed by atoms with Gasteiger partial charge in [-0.1, -0.05) is 35.1 Å². The molecule has 0 saturated carbocycles. The Bertz CT molecular complexity index is 1140. The minimum absolute atomic E-state index is 0.179. The summed E-state index contributed by atoms with van der Waals surface area (Å²) in [5.41, 5.74) is 1.18. The Morgan fingerprint density at radius 2 is 1.80 bits per heavy atom. The van der Waals surface area contributed by atoms with Crippen molar-refractivity contribution in [1.29, 1.82) is 0 Å². The molecule has 0 unspecified atom stereocenters. The molecule has 0 radical (unpaired) electrons. The third-order valence-electron chi connectivity index (χ3n) is 4.63. The van der Waals surface area contributed by atoms with Crippen LogP contribution < -0.4 is 4.90 Å². The first-order valence-electron chi connectivity index (χ1n) is 9.47. The van der Waals surface area contributed by atoms with E-state index in [1.165, 1.54) is 22.3 Å². The third kappa shape index (κ3) is 5.21. The maximum absolute atomic E-state index is 14.1. The molecular formula is C21H24FN3O3S2. The number of benzene rings is 2. The Hall–Kier alpha value is -2.36. The largest absolute Gasteiger partial charge is 0.308 e. The van der Waals surface area contributed by atoms with Crippen LogP contribution in [0.5, 0.6) is 0 Å². The molecule has 0 bridgehead atoms. The first-order chi connectivity index (χ1) is 14.2. The maximum Gasteiger partial charge on any atom is 0.229 e. The van der Waals surface area contributed by atoms with E-state index in [0.29, 0.717) is 22.9 Å². The molecule has 30 heavy (non-hydrogen) atoms. The summed E-state index contributed by atoms with van der Waals surface area (Å²) < 4.78 is 39.9. The van der Waals surface area contributed by atoms with Gasteiger partial charge in [-0.25, -0.2) is 17.8 Å². The van der Waals surface area contributed by atoms with Gasteiger partial charge < -0.3 is 4.90 Å². The fraction of sp³-hybridized carbons (Fsp3) is 0.333. The standard InChI is InChI=1S/C21H24FN3O3S2/c1-15-7-9-16(10-8-15)30(27,28)14-11-19(26)25(13-12-24(2)3)21-23-20-17(22)5-4-6-18(20)29-21/h4-10H,11-14H2,1-3H3. The number of halogens is 1. The first-order valence-corrected chi connectivity index (χ1v) is 11.9. The van der Waals surface area contributed by atoms with Crippen LogP contribution >= 0.6 is 11.3 Å². The zero-order valence-corrected chi connectivity index (χ0v) is 18.8. The topological polar surface area (TPSA) is 70.6 Å². The van der Waals surface area contributed by atoms with Gasteiger partial charge in [-0.05, 0) is 45.3 Å². The van der Waals surface area contributed by atoms with Crippen LogP contribution in [0.15, 0.2) is 47.4 Å². The molecule has 0 aliphatic carbocycles. The Balaban J connectivity index is 1.81. The molecule has 0 atom stereocenters. The number of hydrogen-bond acceptors (Lipinski definition) is 6. The number of fused-ring (bicyclic) bond motifs is 1. The van der Waals surface area contributed by atoms with Gasteiger partial charge in [-0.15, -0.1) is 0 Å². The first kappa shape index (κ1) is 22.3. The molecule has 1 heterocycles. The minimum Gasteiger partial charge on any atom is -0.308 e. The summed E-state index contributed by atoms with van der Waals surface area (Å²) in [6.45, 7) is 2.77. The molecular weight excluding hydrogens is 425 g/mol. The molecule has 160 valence electrons. The molecule has 3 rings (SSSR count). The van der Waals surface area contributed by atoms with Crippen LogP contribution in [-0.2, 0) is 14.6 Å². The van der Waals surface area contributed by atoms with Crippen LogP contribution in [0, 0.1) is 12.7 Å². The quantitative estimate of drug-likeness (QED) is 0.526. The number of rotatable bonds is 8. The van der Waals surface area contributed by atoms with Gasteiger partial charge in [0.2, 0.25) is 5.91 Å². The number of nitrogens with zero attached hydrogens (tertiary/aromatic N) is 3. The third-order valence-corrected chi connectivity index (χ3v) is 7.40. The molecule has 0 aliphatic rings. The summed E-state index contributed by atoms with van der Waals surface area (Å²) in [5.74, 6) is -1.10. The van der Waals surface area contributed by atoms with Crippen LogP contribution in [0.2, 0.25) is 0 Å². The fourth-order valence-electron chi connectivity index (χ4n) is 2.87. The zero-order valence-electron chi connectivity index (χ0n) is 17.1. The van der Waals surface area contributed by atoms with E-state index in [1.807, 2.05) is 25.9 Å². The molecule has 0 N–H and O–H groups in total. The second kappa shape index (κ2) is 9.20. The van der Waals surface area contributed by atoms with Crippen molar-refractivity contribution in [3.05, 3.63) is 53.8 Å². The lowest BCUT2D eigenvalue weighted by molar-refractivity contribution is -0.118. The van der Waals surface area contributed by atoms with E-state index >= 15 is 0 Å². The van der Waals surface area contributed by atoms with Gasteiger partial charge in [-0.2, -0.15) is 0 Å². The van der Waals surface area contributed by atoms with E-state index < -0.39 is 15.7 Å². The van der Waals surface area contributed by atoms with Crippen molar-refractivity contribution in [2.24, 2.45) is 0 Å². The molecule has 2 aromatic carbocycles. The highest BCUT2D eigenvalue weighted by Crippen LogP contribution is 2.30. The number of likely N-dealkylation sites (N-methyl/N-ethyl adjacent to an activating group) is 1. The zero-order chi connectivity index (χ0) is 21.9. The summed E-state index contributed by atoms with van der Waals surface area (Å²) in [5, 5.41) is 0.370. The van der Waals surface area contributed by atoms with E-state index in [4.69, 9.17) is 0 Å². The summed E-state index contributed by atoms with van der Waals surface area (Å²) in [6, 6.07) is 11.2. The number of aromatic nitrogens is 1. The number of amides is 1. The number of sulfone groups is 1. The lowest BCUT2D eigenvalue weighted by Gasteiger charge is -2.22. The van der Waals surface area contributed by atoms with E-state index in [1.54, 1.807) is 36.4 Å². The minimum atomic E-state index is -3.59. The molecule has 0 aliphatic heterocycles. The van der Waals surface area contributed by atoms with Crippen molar-refractivity contribution >= 4 is 42.4 Å². The van der Waals surface area contributed by atoms with E-state index in [0.717, 1.165) is 5.56 Å². The molecule has 6 nitrogen and oxygen atoms in total. The van der Waals surface area contributed by atoms with E-state index in [-0.39, 0.29) is 28.5 Å². The van der Waals surface area contributed by atoms with Crippen LogP contribution in [0.4, 0.5) is 9.52 Å². The summed E-state index contributed by atoms with van der Waals surface area (Å²) in [6.07, 6.45) is -0.179. The summed E-state index contributed by atoms with van der Waals surface area (Å²) >= 11 is 1.22. The predicted molar refractivity (Wildman–Crippen MR) is 118 cm³/mol. The van der Waals surface area contributed by atoms with Crippen molar-refractivity contribution in [3.63, 3.8) is 0 Å². The van der Waals surface area contributed by atoms with Crippen molar-refractivity contribution in [1.82, 2.24) is 9.88 Å². The molecule has 9 heteroatoms. The van der Waals surface area contributed by atoms with Crippen LogP contribution in [0.1, 0.15) is 12.0 Å². The second-order valence-electron chi connectivity index (χ2n) is 7.31. The van der Waals surface area contributed by atoms with Gasteiger partial charge in [0.05, 0.1) is 15.3 Å². The predicted octanol–water partition coefficient (Wildman–Crippen LogP) is 3.50. The van der Waals surface area contributed by atoms with Gasteiger partial charge in [-0.3, -0.25) is 9.69 Å². The molecule has 0 saturated heterocycles. The molecule has 3 aromatic rings. The number of para-hydroxylation sites is 1. The van der Waals surface area contributed by atoms with Crippen LogP contribution in [-0.4, -0.2) is 57.1 Å². The summed E-state index contributed by atoms with van der Waals surface area (Å²) in [7, 11) is 0.170. The SMILES string of the molecule is Cc1ccc(S(=O)(=O)CCC(=O)N(CCN(C)C)c2nc3c(F)cccc3s2)cc1. The molecule has 0 spiro atoms. The average Bonchev–Trinajstić information content (AvgIpc) is 3.12. The van der Waals surface area contributed by atoms with Crippen molar-refractivity contribution < 1.29 is 17.6 Å². The molecule has 1 aromatic heterocycles. The average molecular weight is 450 g/mol. The maximum atomic E-state index is 14.1. The number of carbonyl (C=O) groups excluding carboxylic acids is 1. The number of anilines is 1. The Morgan fingerprint density at radius 1 is 1.10 bits per heavy atom. The van der Waals surface area contributed by atoms with Crippen molar-refractivity contribution in [3.8, 4) is 0 Å². The number of thiazole rings is 1. The van der Waals surface area contributed by atoms with Gasteiger partial charge in [0.15, 0.2) is 15.0 Å². The van der Waals surface area contributed by atoms with Gasteiger partial charge in [0.1, 0.15) is 11.3 Å². The van der Waals surface area contributed by atoms with Gasteiger partial charge in [0.25, 0.3) is 0 Å². The lowest BCUT2D eigenvalue weighted by Crippen LogP contribution is -2.37. The van der Waals surface area contributed by atoms with E-state index in [9.17, 15) is 17.6 Å². The van der Waals surface area contributed by atoms with Crippen LogP contribution in [0.3, 0.4) is 0 Å². The lowest BCUT2D eigenvalue weighted by atomic mass is 10.2. The van der Waals surface area contributed by atoms with Gasteiger partial charge >= 0.3 is 0 Å². The smallest absolute Gasteiger partial charge is 0.229 e. The number of carbonyl (C=O) groups is 1. The Morgan fingerprint density at radius 3 is 2.43 bits per heavy atom. The van der Waals surface area contributed by atoms with Gasteiger partial charge in [0, 0.05) is 19.5 Å². The van der Waals surface area contributed by atoms with Crippen LogP contribution in [0.25, 0.3) is 10.2 Å². The number of aryl methyl sites for hydroxylation is 1. The molecule has 1 amide bonds. The Labute approximate surface area is 179 Å². The van der Waals surface area contributed by atoms with Crippen molar-refractivity contribution in [2.45, 2.75) is 18.2 Å². The Kier molecular flexibility index (Phi) is 6.84. The van der Waals surface area contributed by atoms with E-state index in [2.05, 4.69) is 4.98 Å². The monoisotopic (exact) mass is 449 g/mol. The highest BCUT2D eigenvalue weighted by molar-refractivity contribution is 7.91. The fourth-order valence-corrected chi connectivity index (χ4v) is 5.12. The van der Waals surface area contributed by atoms with Crippen molar-refractivity contribution in [2.75, 3.05) is 37.8 Å². The number of hydrogen-bond donors (Lipinski definition) is 0. The highest BCUT2D eigenvalue weighted by atomic mass is 32.2.